The fraction of sp³-hybridized carbons (Fsp3) is 0.714. The summed E-state index contributed by atoms with van der Waals surface area (Å²) in [5.74, 6) is 0.646. The van der Waals surface area contributed by atoms with Gasteiger partial charge in [-0.05, 0) is 12.3 Å². The van der Waals surface area contributed by atoms with E-state index in [2.05, 4.69) is 24.3 Å². The lowest BCUT2D eigenvalue weighted by Crippen LogP contribution is -2.27. The van der Waals surface area contributed by atoms with Crippen LogP contribution in [0.1, 0.15) is 56.4 Å². The Bertz CT molecular complexity index is 379. The summed E-state index contributed by atoms with van der Waals surface area (Å²) < 4.78 is 1.51. The number of nitrogens with one attached hydrogen (secondary N) is 1. The Kier molecular flexibility index (Phi) is 6.39. The van der Waals surface area contributed by atoms with Crippen molar-refractivity contribution in [3.8, 4) is 0 Å². The molecule has 5 heteroatoms. The van der Waals surface area contributed by atoms with Gasteiger partial charge in [0.1, 0.15) is 5.69 Å². The molecular formula is C14H26N4O. The van der Waals surface area contributed by atoms with E-state index in [1.54, 1.807) is 7.05 Å². The molecule has 0 atom stereocenters. The van der Waals surface area contributed by atoms with Crippen LogP contribution in [-0.4, -0.2) is 22.2 Å². The maximum atomic E-state index is 11.9. The van der Waals surface area contributed by atoms with Crippen molar-refractivity contribution in [2.45, 2.75) is 46.0 Å². The van der Waals surface area contributed by atoms with Gasteiger partial charge < -0.3 is 11.1 Å². The lowest BCUT2D eigenvalue weighted by Gasteiger charge is -2.07. The Morgan fingerprint density at radius 2 is 2.05 bits per heavy atom. The molecule has 3 N–H and O–H groups in total. The summed E-state index contributed by atoms with van der Waals surface area (Å²) in [6.45, 7) is 5.20. The Morgan fingerprint density at radius 3 is 2.63 bits per heavy atom. The predicted octanol–water partition coefficient (Wildman–Crippen LogP) is 2.34. The quantitative estimate of drug-likeness (QED) is 0.709. The fourth-order valence-electron chi connectivity index (χ4n) is 2.05. The van der Waals surface area contributed by atoms with Gasteiger partial charge in [-0.3, -0.25) is 9.48 Å². The van der Waals surface area contributed by atoms with E-state index in [-0.39, 0.29) is 5.91 Å². The Morgan fingerprint density at radius 1 is 1.37 bits per heavy atom. The minimum absolute atomic E-state index is 0.139. The van der Waals surface area contributed by atoms with E-state index in [9.17, 15) is 4.79 Å². The Hall–Kier alpha value is -1.52. The zero-order valence-corrected chi connectivity index (χ0v) is 12.3. The van der Waals surface area contributed by atoms with Crippen molar-refractivity contribution in [1.82, 2.24) is 15.1 Å². The lowest BCUT2D eigenvalue weighted by molar-refractivity contribution is 0.0944. The molecule has 0 aliphatic rings. The van der Waals surface area contributed by atoms with Crippen LogP contribution in [0.15, 0.2) is 6.20 Å². The molecule has 0 aromatic carbocycles. The first kappa shape index (κ1) is 15.5. The van der Waals surface area contributed by atoms with Gasteiger partial charge in [-0.25, -0.2) is 0 Å². The molecule has 1 rings (SSSR count). The Labute approximate surface area is 115 Å². The lowest BCUT2D eigenvalue weighted by atomic mass is 10.0. The smallest absolute Gasteiger partial charge is 0.271 e. The molecule has 0 saturated carbocycles. The van der Waals surface area contributed by atoms with Gasteiger partial charge in [0, 0.05) is 13.6 Å². The number of hydrogen-bond donors (Lipinski definition) is 2. The number of nitrogens with zero attached hydrogens (tertiary/aromatic N) is 2. The minimum Gasteiger partial charge on any atom is -0.396 e. The van der Waals surface area contributed by atoms with Crippen molar-refractivity contribution >= 4 is 11.6 Å². The molecule has 1 aromatic heterocycles. The first-order chi connectivity index (χ1) is 9.02. The molecular weight excluding hydrogens is 240 g/mol. The third-order valence-electron chi connectivity index (χ3n) is 3.18. The van der Waals surface area contributed by atoms with Crippen LogP contribution in [0, 0.1) is 5.92 Å². The number of carbonyl (C=O) groups excluding carboxylic acids is 1. The van der Waals surface area contributed by atoms with E-state index in [0.717, 1.165) is 18.8 Å². The van der Waals surface area contributed by atoms with Crippen molar-refractivity contribution in [2.24, 2.45) is 13.0 Å². The van der Waals surface area contributed by atoms with Crippen LogP contribution in [0.5, 0.6) is 0 Å². The zero-order chi connectivity index (χ0) is 14.3. The minimum atomic E-state index is -0.139. The molecule has 0 radical (unpaired) electrons. The molecule has 0 bridgehead atoms. The van der Waals surface area contributed by atoms with E-state index in [0.29, 0.717) is 17.9 Å². The molecule has 0 fully saturated rings. The number of carbonyl (C=O) groups is 1. The number of aryl methyl sites for hydroxylation is 1. The van der Waals surface area contributed by atoms with E-state index in [1.807, 2.05) is 0 Å². The van der Waals surface area contributed by atoms with Crippen LogP contribution >= 0.6 is 0 Å². The molecule has 108 valence electrons. The van der Waals surface area contributed by atoms with Gasteiger partial charge in [0.05, 0.1) is 11.9 Å². The van der Waals surface area contributed by atoms with E-state index >= 15 is 0 Å². The van der Waals surface area contributed by atoms with Crippen molar-refractivity contribution in [3.63, 3.8) is 0 Å². The molecule has 1 aromatic rings. The summed E-state index contributed by atoms with van der Waals surface area (Å²) in [5, 5.41) is 6.84. The first-order valence-electron chi connectivity index (χ1n) is 7.08. The normalized spacial score (nSPS) is 10.9. The van der Waals surface area contributed by atoms with Crippen LogP contribution in [-0.2, 0) is 7.05 Å². The van der Waals surface area contributed by atoms with Crippen molar-refractivity contribution in [1.29, 1.82) is 0 Å². The SMILES string of the molecule is CC(C)CCCCCCNC(=O)c1c(N)cnn1C. The number of amides is 1. The summed E-state index contributed by atoms with van der Waals surface area (Å²) in [5.41, 5.74) is 6.57. The van der Waals surface area contributed by atoms with Crippen LogP contribution in [0.3, 0.4) is 0 Å². The number of nitrogen functional groups attached to an aromatic ring is 1. The molecule has 19 heavy (non-hydrogen) atoms. The average Bonchev–Trinajstić information content (AvgIpc) is 2.67. The molecule has 0 spiro atoms. The van der Waals surface area contributed by atoms with Gasteiger partial charge >= 0.3 is 0 Å². The van der Waals surface area contributed by atoms with Crippen LogP contribution < -0.4 is 11.1 Å². The summed E-state index contributed by atoms with van der Waals surface area (Å²) in [6, 6.07) is 0. The van der Waals surface area contributed by atoms with Crippen molar-refractivity contribution in [3.05, 3.63) is 11.9 Å². The molecule has 0 saturated heterocycles. The topological polar surface area (TPSA) is 72.9 Å². The number of aromatic nitrogens is 2. The summed E-state index contributed by atoms with van der Waals surface area (Å²) in [7, 11) is 1.72. The van der Waals surface area contributed by atoms with Crippen molar-refractivity contribution in [2.75, 3.05) is 12.3 Å². The second-order valence-electron chi connectivity index (χ2n) is 5.42. The maximum Gasteiger partial charge on any atom is 0.271 e. The van der Waals surface area contributed by atoms with Crippen LogP contribution in [0.2, 0.25) is 0 Å². The largest absolute Gasteiger partial charge is 0.396 e. The van der Waals surface area contributed by atoms with Gasteiger partial charge in [-0.1, -0.05) is 39.5 Å². The molecule has 0 aliphatic heterocycles. The monoisotopic (exact) mass is 266 g/mol. The van der Waals surface area contributed by atoms with E-state index in [1.165, 1.54) is 30.1 Å². The highest BCUT2D eigenvalue weighted by Crippen LogP contribution is 2.10. The number of anilines is 1. The standard InChI is InChI=1S/C14H26N4O/c1-11(2)8-6-4-5-7-9-16-14(19)13-12(15)10-17-18(13)3/h10-11H,4-9,15H2,1-3H3,(H,16,19). The second-order valence-corrected chi connectivity index (χ2v) is 5.42. The second kappa shape index (κ2) is 7.81. The Balaban J connectivity index is 2.15. The fourth-order valence-corrected chi connectivity index (χ4v) is 2.05. The predicted molar refractivity (Wildman–Crippen MR) is 77.9 cm³/mol. The van der Waals surface area contributed by atoms with Crippen LogP contribution in [0.25, 0.3) is 0 Å². The molecule has 5 nitrogen and oxygen atoms in total. The molecule has 1 amide bonds. The average molecular weight is 266 g/mol. The molecule has 0 unspecified atom stereocenters. The molecule has 1 heterocycles. The summed E-state index contributed by atoms with van der Waals surface area (Å²) >= 11 is 0. The summed E-state index contributed by atoms with van der Waals surface area (Å²) in [4.78, 5) is 11.9. The highest BCUT2D eigenvalue weighted by Gasteiger charge is 2.13. The number of hydrogen-bond acceptors (Lipinski definition) is 3. The van der Waals surface area contributed by atoms with Crippen molar-refractivity contribution < 1.29 is 4.79 Å². The van der Waals surface area contributed by atoms with Gasteiger partial charge in [0.2, 0.25) is 0 Å². The van der Waals surface area contributed by atoms with Gasteiger partial charge in [-0.15, -0.1) is 0 Å². The van der Waals surface area contributed by atoms with E-state index in [4.69, 9.17) is 5.73 Å². The number of rotatable bonds is 8. The highest BCUT2D eigenvalue weighted by atomic mass is 16.2. The third-order valence-corrected chi connectivity index (χ3v) is 3.18. The molecule has 0 aliphatic carbocycles. The van der Waals surface area contributed by atoms with Gasteiger partial charge in [0.25, 0.3) is 5.91 Å². The van der Waals surface area contributed by atoms with Crippen LogP contribution in [0.4, 0.5) is 5.69 Å². The third kappa shape index (κ3) is 5.32. The number of nitrogens with two attached hydrogens (primary N) is 1. The van der Waals surface area contributed by atoms with E-state index < -0.39 is 0 Å². The summed E-state index contributed by atoms with van der Waals surface area (Å²) in [6.07, 6.45) is 7.48. The number of unbranched alkanes of at least 4 members (excludes halogenated alkanes) is 3. The first-order valence-corrected chi connectivity index (χ1v) is 7.08. The van der Waals surface area contributed by atoms with Gasteiger partial charge in [0.15, 0.2) is 0 Å². The van der Waals surface area contributed by atoms with Gasteiger partial charge in [-0.2, -0.15) is 5.10 Å². The highest BCUT2D eigenvalue weighted by molar-refractivity contribution is 5.97. The zero-order valence-electron chi connectivity index (χ0n) is 12.3. The maximum absolute atomic E-state index is 11.9.